The Morgan fingerprint density at radius 3 is 2.84 bits per heavy atom. The van der Waals surface area contributed by atoms with E-state index in [-0.39, 0.29) is 5.54 Å². The molecule has 6 nitrogen and oxygen atoms in total. The van der Waals surface area contributed by atoms with E-state index in [0.29, 0.717) is 6.10 Å². The maximum absolute atomic E-state index is 5.79. The van der Waals surface area contributed by atoms with Crippen LogP contribution in [0.4, 0.5) is 0 Å². The highest BCUT2D eigenvalue weighted by Gasteiger charge is 2.30. The first-order chi connectivity index (χ1) is 12.0. The molecule has 0 spiro atoms. The lowest BCUT2D eigenvalue weighted by atomic mass is 9.93. The van der Waals surface area contributed by atoms with Gasteiger partial charge in [-0.15, -0.1) is 0 Å². The number of rotatable bonds is 8. The Kier molecular flexibility index (Phi) is 8.46. The molecule has 0 radical (unpaired) electrons. The number of hydrogen-bond donors (Lipinski definition) is 2. The number of aliphatic imine (C=N–C) groups is 1. The van der Waals surface area contributed by atoms with Crippen molar-refractivity contribution in [3.05, 3.63) is 0 Å². The predicted molar refractivity (Wildman–Crippen MR) is 103 cm³/mol. The van der Waals surface area contributed by atoms with Gasteiger partial charge in [-0.1, -0.05) is 6.92 Å². The first kappa shape index (κ1) is 20.5. The van der Waals surface area contributed by atoms with E-state index in [9.17, 15) is 0 Å². The van der Waals surface area contributed by atoms with Crippen molar-refractivity contribution in [2.24, 2.45) is 10.9 Å². The highest BCUT2D eigenvalue weighted by molar-refractivity contribution is 5.79. The number of nitrogens with zero attached hydrogens (tertiary/aromatic N) is 2. The third-order valence-corrected chi connectivity index (χ3v) is 5.28. The molecule has 0 aromatic rings. The Balaban J connectivity index is 1.61. The summed E-state index contributed by atoms with van der Waals surface area (Å²) in [6.07, 6.45) is 4.97. The van der Waals surface area contributed by atoms with Gasteiger partial charge < -0.3 is 20.1 Å². The first-order valence-electron chi connectivity index (χ1n) is 9.90. The summed E-state index contributed by atoms with van der Waals surface area (Å²) in [6, 6.07) is 0. The third kappa shape index (κ3) is 7.12. The fourth-order valence-electron chi connectivity index (χ4n) is 3.54. The average Bonchev–Trinajstić information content (AvgIpc) is 3.10. The molecule has 0 bridgehead atoms. The molecule has 146 valence electrons. The number of likely N-dealkylation sites (tertiary alicyclic amines) is 1. The Morgan fingerprint density at radius 2 is 2.16 bits per heavy atom. The fraction of sp³-hybridized carbons (Fsp3) is 0.947. The highest BCUT2D eigenvalue weighted by atomic mass is 16.5. The maximum atomic E-state index is 5.79. The Bertz CT molecular complexity index is 408. The molecular formula is C19H38N4O2. The van der Waals surface area contributed by atoms with Crippen molar-refractivity contribution in [1.29, 1.82) is 0 Å². The fourth-order valence-corrected chi connectivity index (χ4v) is 3.54. The molecule has 0 aromatic carbocycles. The van der Waals surface area contributed by atoms with Crippen LogP contribution in [0.25, 0.3) is 0 Å². The van der Waals surface area contributed by atoms with Crippen LogP contribution in [0.15, 0.2) is 4.99 Å². The number of ether oxygens (including phenoxy) is 2. The molecule has 2 atom stereocenters. The van der Waals surface area contributed by atoms with Crippen molar-refractivity contribution in [2.75, 3.05) is 53.0 Å². The second-order valence-corrected chi connectivity index (χ2v) is 8.07. The number of piperidine rings is 1. The lowest BCUT2D eigenvalue weighted by Crippen LogP contribution is -2.56. The van der Waals surface area contributed by atoms with Gasteiger partial charge in [-0.05, 0) is 52.0 Å². The average molecular weight is 355 g/mol. The van der Waals surface area contributed by atoms with Crippen LogP contribution in [0.5, 0.6) is 0 Å². The molecule has 2 aliphatic heterocycles. The summed E-state index contributed by atoms with van der Waals surface area (Å²) in [7, 11) is 1.83. The van der Waals surface area contributed by atoms with Gasteiger partial charge in [-0.3, -0.25) is 9.89 Å². The summed E-state index contributed by atoms with van der Waals surface area (Å²) >= 11 is 0. The zero-order chi connectivity index (χ0) is 18.1. The van der Waals surface area contributed by atoms with E-state index in [0.717, 1.165) is 57.6 Å². The van der Waals surface area contributed by atoms with E-state index >= 15 is 0 Å². The van der Waals surface area contributed by atoms with Gasteiger partial charge in [0.15, 0.2) is 5.96 Å². The summed E-state index contributed by atoms with van der Waals surface area (Å²) < 4.78 is 11.1. The Hall–Kier alpha value is -0.850. The van der Waals surface area contributed by atoms with Crippen molar-refractivity contribution in [3.63, 3.8) is 0 Å². The van der Waals surface area contributed by atoms with Crippen LogP contribution in [0, 0.1) is 5.92 Å². The molecule has 0 aromatic heterocycles. The zero-order valence-electron chi connectivity index (χ0n) is 16.6. The van der Waals surface area contributed by atoms with Crippen LogP contribution < -0.4 is 10.6 Å². The molecule has 2 fully saturated rings. The molecule has 2 rings (SSSR count). The normalized spacial score (nSPS) is 26.0. The second kappa shape index (κ2) is 10.3. The van der Waals surface area contributed by atoms with Crippen molar-refractivity contribution >= 4 is 5.96 Å². The van der Waals surface area contributed by atoms with Gasteiger partial charge in [-0.2, -0.15) is 0 Å². The van der Waals surface area contributed by atoms with Crippen LogP contribution in [-0.4, -0.2) is 75.5 Å². The quantitative estimate of drug-likeness (QED) is 0.396. The largest absolute Gasteiger partial charge is 0.379 e. The van der Waals surface area contributed by atoms with Gasteiger partial charge in [0.1, 0.15) is 0 Å². The maximum Gasteiger partial charge on any atom is 0.191 e. The standard InChI is InChI=1S/C19H38N4O2/c1-16-7-5-10-23(13-16)19(2,3)15-22-18(20-4)21-9-6-11-25-17-8-12-24-14-17/h16-17H,5-15H2,1-4H3,(H2,20,21,22). The summed E-state index contributed by atoms with van der Waals surface area (Å²) in [5.41, 5.74) is 0.137. The van der Waals surface area contributed by atoms with Crippen molar-refractivity contribution in [1.82, 2.24) is 15.5 Å². The highest BCUT2D eigenvalue weighted by Crippen LogP contribution is 2.23. The molecule has 25 heavy (non-hydrogen) atoms. The molecule has 2 unspecified atom stereocenters. The second-order valence-electron chi connectivity index (χ2n) is 8.07. The van der Waals surface area contributed by atoms with E-state index in [1.54, 1.807) is 0 Å². The molecule has 6 heteroatoms. The van der Waals surface area contributed by atoms with Gasteiger partial charge in [0, 0.05) is 45.4 Å². The minimum absolute atomic E-state index is 0.137. The van der Waals surface area contributed by atoms with E-state index < -0.39 is 0 Å². The lowest BCUT2D eigenvalue weighted by molar-refractivity contribution is 0.0419. The summed E-state index contributed by atoms with van der Waals surface area (Å²) in [4.78, 5) is 6.95. The molecule has 0 amide bonds. The van der Waals surface area contributed by atoms with Crippen molar-refractivity contribution in [2.45, 2.75) is 58.1 Å². The molecule has 0 aliphatic carbocycles. The zero-order valence-corrected chi connectivity index (χ0v) is 16.6. The number of guanidine groups is 1. The topological polar surface area (TPSA) is 58.1 Å². The van der Waals surface area contributed by atoms with Gasteiger partial charge in [0.2, 0.25) is 0 Å². The molecule has 0 saturated carbocycles. The Labute approximate surface area is 153 Å². The molecule has 2 N–H and O–H groups in total. The monoisotopic (exact) mass is 354 g/mol. The number of nitrogens with one attached hydrogen (secondary N) is 2. The first-order valence-corrected chi connectivity index (χ1v) is 9.90. The van der Waals surface area contributed by atoms with Gasteiger partial charge in [0.05, 0.1) is 12.7 Å². The van der Waals surface area contributed by atoms with Gasteiger partial charge in [-0.25, -0.2) is 0 Å². The molecular weight excluding hydrogens is 316 g/mol. The third-order valence-electron chi connectivity index (χ3n) is 5.28. The SMILES string of the molecule is CN=C(NCCCOC1CCOC1)NCC(C)(C)N1CCCC(C)C1. The lowest BCUT2D eigenvalue weighted by Gasteiger charge is -2.43. The van der Waals surface area contributed by atoms with Crippen LogP contribution in [0.1, 0.15) is 46.5 Å². The van der Waals surface area contributed by atoms with Gasteiger partial charge in [0.25, 0.3) is 0 Å². The summed E-state index contributed by atoms with van der Waals surface area (Å²) in [5, 5.41) is 6.88. The molecule has 2 heterocycles. The van der Waals surface area contributed by atoms with Crippen LogP contribution in [0.2, 0.25) is 0 Å². The smallest absolute Gasteiger partial charge is 0.191 e. The van der Waals surface area contributed by atoms with Crippen molar-refractivity contribution < 1.29 is 9.47 Å². The van der Waals surface area contributed by atoms with Crippen LogP contribution in [-0.2, 0) is 9.47 Å². The van der Waals surface area contributed by atoms with Gasteiger partial charge >= 0.3 is 0 Å². The van der Waals surface area contributed by atoms with E-state index in [4.69, 9.17) is 9.47 Å². The van der Waals surface area contributed by atoms with E-state index in [1.807, 2.05) is 7.05 Å². The summed E-state index contributed by atoms with van der Waals surface area (Å²) in [5.74, 6) is 1.68. The van der Waals surface area contributed by atoms with Crippen molar-refractivity contribution in [3.8, 4) is 0 Å². The minimum Gasteiger partial charge on any atom is -0.379 e. The predicted octanol–water partition coefficient (Wildman–Crippen LogP) is 1.86. The summed E-state index contributed by atoms with van der Waals surface area (Å²) in [6.45, 7) is 13.5. The molecule has 2 aliphatic rings. The minimum atomic E-state index is 0.137. The van der Waals surface area contributed by atoms with E-state index in [2.05, 4.69) is 41.3 Å². The van der Waals surface area contributed by atoms with Crippen LogP contribution >= 0.6 is 0 Å². The number of hydrogen-bond acceptors (Lipinski definition) is 4. The molecule has 2 saturated heterocycles. The Morgan fingerprint density at radius 1 is 1.32 bits per heavy atom. The van der Waals surface area contributed by atoms with Crippen LogP contribution in [0.3, 0.4) is 0 Å². The van der Waals surface area contributed by atoms with E-state index in [1.165, 1.54) is 25.9 Å².